The monoisotopic (exact) mass is 853 g/mol. The summed E-state index contributed by atoms with van der Waals surface area (Å²) >= 11 is 0. The first-order chi connectivity index (χ1) is 32.0. The standard InChI is InChI=1S/C63H55NSi/c1-63(2)60-43-50(47-23-11-4-12-24-47)35-42-57(60)59-44-58(49-25-13-5-14-26-49)62(45-61(59)63)64(51-36-33-48(34-37-51)46-21-9-3-10-22-46)52-38-40-56(41-39-52)65(53-27-15-6-16-28-53,54-29-17-7-18-30-54)55-31-19-8-20-32-55/h4-8,11-20,23-46H,3,9-10,21-22H2,1-2H3. The summed E-state index contributed by atoms with van der Waals surface area (Å²) in [7, 11) is -2.72. The lowest BCUT2D eigenvalue weighted by Crippen LogP contribution is -2.74. The van der Waals surface area contributed by atoms with Crippen LogP contribution in [-0.2, 0) is 5.41 Å². The predicted octanol–water partition coefficient (Wildman–Crippen LogP) is 14.2. The van der Waals surface area contributed by atoms with E-state index in [1.54, 1.807) is 0 Å². The normalized spacial score (nSPS) is 14.4. The first-order valence-corrected chi connectivity index (χ1v) is 25.6. The van der Waals surface area contributed by atoms with Gasteiger partial charge in [-0.05, 0) is 126 Å². The average molecular weight is 854 g/mol. The van der Waals surface area contributed by atoms with Gasteiger partial charge < -0.3 is 4.90 Å². The fourth-order valence-corrected chi connectivity index (χ4v) is 16.0. The number of nitrogens with zero attached hydrogens (tertiary/aromatic N) is 1. The molecule has 1 nitrogen and oxygen atoms in total. The van der Waals surface area contributed by atoms with Crippen molar-refractivity contribution in [3.8, 4) is 33.4 Å². The number of hydrogen-bond donors (Lipinski definition) is 0. The summed E-state index contributed by atoms with van der Waals surface area (Å²) in [4.78, 5) is 2.54. The summed E-state index contributed by atoms with van der Waals surface area (Å²) in [6.45, 7) is 4.83. The van der Waals surface area contributed by atoms with E-state index in [1.807, 2.05) is 0 Å². The Labute approximate surface area is 386 Å². The maximum absolute atomic E-state index is 2.72. The van der Waals surface area contributed by atoms with Crippen molar-refractivity contribution in [1.82, 2.24) is 0 Å². The van der Waals surface area contributed by atoms with Crippen LogP contribution in [0.4, 0.5) is 17.1 Å². The molecule has 0 aliphatic heterocycles. The molecule has 0 N–H and O–H groups in total. The minimum Gasteiger partial charge on any atom is -0.310 e. The molecule has 11 rings (SSSR count). The quantitative estimate of drug-likeness (QED) is 0.0979. The van der Waals surface area contributed by atoms with Gasteiger partial charge in [0.15, 0.2) is 8.07 Å². The molecule has 0 radical (unpaired) electrons. The largest absolute Gasteiger partial charge is 0.310 e. The van der Waals surface area contributed by atoms with E-state index in [1.165, 1.54) is 114 Å². The first-order valence-electron chi connectivity index (χ1n) is 23.6. The van der Waals surface area contributed by atoms with Gasteiger partial charge in [0.2, 0.25) is 0 Å². The smallest absolute Gasteiger partial charge is 0.179 e. The molecular formula is C63H55NSi. The minimum absolute atomic E-state index is 0.216. The van der Waals surface area contributed by atoms with E-state index in [0.717, 1.165) is 5.69 Å². The fraction of sp³-hybridized carbons (Fsp3) is 0.143. The van der Waals surface area contributed by atoms with Gasteiger partial charge in [0.1, 0.15) is 0 Å². The molecule has 9 aromatic rings. The summed E-state index contributed by atoms with van der Waals surface area (Å²) in [6.07, 6.45) is 6.57. The Morgan fingerprint density at radius 3 is 1.38 bits per heavy atom. The first kappa shape index (κ1) is 40.8. The van der Waals surface area contributed by atoms with E-state index in [2.05, 4.69) is 249 Å². The van der Waals surface area contributed by atoms with E-state index in [4.69, 9.17) is 0 Å². The predicted molar refractivity (Wildman–Crippen MR) is 279 cm³/mol. The molecule has 0 saturated heterocycles. The van der Waals surface area contributed by atoms with Crippen molar-refractivity contribution in [3.05, 3.63) is 247 Å². The molecule has 0 unspecified atom stereocenters. The van der Waals surface area contributed by atoms with Gasteiger partial charge in [-0.15, -0.1) is 0 Å². The van der Waals surface area contributed by atoms with Gasteiger partial charge >= 0.3 is 0 Å². The second kappa shape index (κ2) is 17.2. The minimum atomic E-state index is -2.72. The summed E-state index contributed by atoms with van der Waals surface area (Å²) in [5, 5.41) is 5.49. The van der Waals surface area contributed by atoms with Crippen LogP contribution in [0.3, 0.4) is 0 Å². The molecule has 0 spiro atoms. The number of benzene rings is 9. The summed E-state index contributed by atoms with van der Waals surface area (Å²) in [5.41, 5.74) is 15.1. The molecule has 2 aliphatic carbocycles. The summed E-state index contributed by atoms with van der Waals surface area (Å²) < 4.78 is 0. The van der Waals surface area contributed by atoms with Gasteiger partial charge in [-0.1, -0.05) is 221 Å². The molecule has 0 amide bonds. The molecule has 1 fully saturated rings. The molecule has 0 aromatic heterocycles. The maximum Gasteiger partial charge on any atom is 0.179 e. The molecular weight excluding hydrogens is 799 g/mol. The van der Waals surface area contributed by atoms with Gasteiger partial charge in [-0.2, -0.15) is 0 Å². The van der Waals surface area contributed by atoms with Gasteiger partial charge in [0, 0.05) is 22.4 Å². The Hall–Kier alpha value is -7.00. The third kappa shape index (κ3) is 7.27. The zero-order chi connectivity index (χ0) is 43.8. The topological polar surface area (TPSA) is 3.24 Å². The Morgan fingerprint density at radius 1 is 0.385 bits per heavy atom. The van der Waals surface area contributed by atoms with Crippen molar-refractivity contribution in [3.63, 3.8) is 0 Å². The Morgan fingerprint density at radius 2 is 0.846 bits per heavy atom. The van der Waals surface area contributed by atoms with Crippen molar-refractivity contribution in [2.24, 2.45) is 0 Å². The van der Waals surface area contributed by atoms with Crippen molar-refractivity contribution < 1.29 is 0 Å². The average Bonchev–Trinajstić information content (AvgIpc) is 3.60. The van der Waals surface area contributed by atoms with Crippen LogP contribution < -0.4 is 25.6 Å². The lowest BCUT2D eigenvalue weighted by atomic mass is 9.81. The van der Waals surface area contributed by atoms with Crippen molar-refractivity contribution in [1.29, 1.82) is 0 Å². The molecule has 1 saturated carbocycles. The second-order valence-electron chi connectivity index (χ2n) is 18.7. The molecule has 316 valence electrons. The third-order valence-corrected chi connectivity index (χ3v) is 19.4. The van der Waals surface area contributed by atoms with Gasteiger partial charge in [0.25, 0.3) is 0 Å². The highest BCUT2D eigenvalue weighted by molar-refractivity contribution is 7.19. The van der Waals surface area contributed by atoms with Crippen LogP contribution in [0.2, 0.25) is 0 Å². The number of fused-ring (bicyclic) bond motifs is 3. The summed E-state index contributed by atoms with van der Waals surface area (Å²) in [6, 6.07) is 87.0. The van der Waals surface area contributed by atoms with Crippen LogP contribution in [0.1, 0.15) is 68.6 Å². The van der Waals surface area contributed by atoms with Crippen molar-refractivity contribution in [2.45, 2.75) is 57.3 Å². The van der Waals surface area contributed by atoms with E-state index in [0.29, 0.717) is 5.92 Å². The van der Waals surface area contributed by atoms with Gasteiger partial charge in [-0.3, -0.25) is 0 Å². The van der Waals surface area contributed by atoms with E-state index < -0.39 is 8.07 Å². The number of anilines is 3. The van der Waals surface area contributed by atoms with E-state index in [-0.39, 0.29) is 5.41 Å². The zero-order valence-electron chi connectivity index (χ0n) is 37.5. The van der Waals surface area contributed by atoms with Crippen LogP contribution in [0.15, 0.2) is 231 Å². The van der Waals surface area contributed by atoms with Crippen molar-refractivity contribution in [2.75, 3.05) is 4.90 Å². The lowest BCUT2D eigenvalue weighted by molar-refractivity contribution is 0.443. The van der Waals surface area contributed by atoms with Crippen LogP contribution in [0.5, 0.6) is 0 Å². The maximum atomic E-state index is 2.54. The number of hydrogen-bond acceptors (Lipinski definition) is 1. The molecule has 2 aliphatic rings. The second-order valence-corrected chi connectivity index (χ2v) is 22.5. The van der Waals surface area contributed by atoms with Crippen molar-refractivity contribution >= 4 is 45.9 Å². The van der Waals surface area contributed by atoms with Crippen LogP contribution in [-0.4, -0.2) is 8.07 Å². The molecule has 65 heavy (non-hydrogen) atoms. The highest BCUT2D eigenvalue weighted by Gasteiger charge is 2.42. The fourth-order valence-electron chi connectivity index (χ4n) is 11.3. The summed E-state index contributed by atoms with van der Waals surface area (Å²) in [5.74, 6) is 0.637. The molecule has 2 heteroatoms. The van der Waals surface area contributed by atoms with Crippen LogP contribution in [0.25, 0.3) is 33.4 Å². The van der Waals surface area contributed by atoms with Gasteiger partial charge in [-0.25, -0.2) is 0 Å². The number of rotatable bonds is 10. The van der Waals surface area contributed by atoms with Crippen LogP contribution in [0, 0.1) is 0 Å². The zero-order valence-corrected chi connectivity index (χ0v) is 38.5. The highest BCUT2D eigenvalue weighted by Crippen LogP contribution is 2.54. The van der Waals surface area contributed by atoms with E-state index in [9.17, 15) is 0 Å². The third-order valence-electron chi connectivity index (χ3n) is 14.6. The molecule has 0 heterocycles. The lowest BCUT2D eigenvalue weighted by Gasteiger charge is -2.35. The van der Waals surface area contributed by atoms with E-state index >= 15 is 0 Å². The van der Waals surface area contributed by atoms with Gasteiger partial charge in [0.05, 0.1) is 5.69 Å². The Balaban J connectivity index is 1.12. The Kier molecular flexibility index (Phi) is 10.8. The Bertz CT molecular complexity index is 2950. The molecule has 0 atom stereocenters. The highest BCUT2D eigenvalue weighted by atomic mass is 28.3. The molecule has 9 aromatic carbocycles. The molecule has 0 bridgehead atoms. The van der Waals surface area contributed by atoms with Crippen LogP contribution >= 0.6 is 0 Å². The SMILES string of the molecule is CC1(C)c2cc(-c3ccccc3)ccc2-c2cc(-c3ccccc3)c(N(c3ccc(C4CCCCC4)cc3)c3ccc([Si](c4ccccc4)(c4ccccc4)c4ccccc4)cc3)cc21.